The van der Waals surface area contributed by atoms with Gasteiger partial charge in [0, 0.05) is 11.6 Å². The number of rotatable bonds is 3. The summed E-state index contributed by atoms with van der Waals surface area (Å²) in [5, 5.41) is 4.07. The third kappa shape index (κ3) is 2.47. The first-order valence-electron chi connectivity index (χ1n) is 7.99. The number of benzene rings is 1. The van der Waals surface area contributed by atoms with Crippen molar-refractivity contribution >= 4 is 17.5 Å². The van der Waals surface area contributed by atoms with E-state index in [2.05, 4.69) is 11.4 Å². The van der Waals surface area contributed by atoms with Crippen LogP contribution in [0.1, 0.15) is 37.4 Å². The lowest BCUT2D eigenvalue weighted by Gasteiger charge is -2.31. The Bertz CT molecular complexity index is 561. The van der Waals surface area contributed by atoms with Gasteiger partial charge in [-0.2, -0.15) is 0 Å². The minimum atomic E-state index is -0.00433. The first-order chi connectivity index (χ1) is 10.2. The minimum Gasteiger partial charge on any atom is -0.322 e. The first-order valence-corrected chi connectivity index (χ1v) is 8.37. The van der Waals surface area contributed by atoms with Crippen LogP contribution in [0.15, 0.2) is 24.3 Å². The molecule has 2 bridgehead atoms. The van der Waals surface area contributed by atoms with Gasteiger partial charge in [0.2, 0.25) is 5.91 Å². The number of fused-ring (bicyclic) bond motifs is 2. The number of carbonyl (C=O) groups excluding carboxylic acids is 1. The highest BCUT2D eigenvalue weighted by molar-refractivity contribution is 6.30. The summed E-state index contributed by atoms with van der Waals surface area (Å²) >= 11 is 6.10. The molecule has 3 nitrogen and oxygen atoms in total. The van der Waals surface area contributed by atoms with Gasteiger partial charge in [-0.1, -0.05) is 30.2 Å². The van der Waals surface area contributed by atoms with Crippen LogP contribution in [0.25, 0.3) is 0 Å². The largest absolute Gasteiger partial charge is 0.322 e. The van der Waals surface area contributed by atoms with Crippen LogP contribution in [0.4, 0.5) is 0 Å². The fourth-order valence-electron chi connectivity index (χ4n) is 4.57. The third-order valence-electron chi connectivity index (χ3n) is 5.56. The molecule has 4 atom stereocenters. The summed E-state index contributed by atoms with van der Waals surface area (Å²) in [5.41, 5.74) is 1.09. The highest BCUT2D eigenvalue weighted by Crippen LogP contribution is 2.49. The van der Waals surface area contributed by atoms with Crippen LogP contribution < -0.4 is 5.32 Å². The average Bonchev–Trinajstić information content (AvgIpc) is 3.16. The van der Waals surface area contributed by atoms with Crippen molar-refractivity contribution in [1.29, 1.82) is 0 Å². The highest BCUT2D eigenvalue weighted by atomic mass is 35.5. The second kappa shape index (κ2) is 5.29. The molecule has 1 aliphatic heterocycles. The molecule has 1 saturated heterocycles. The molecule has 3 fully saturated rings. The van der Waals surface area contributed by atoms with E-state index in [-0.39, 0.29) is 12.1 Å². The van der Waals surface area contributed by atoms with E-state index in [1.807, 2.05) is 23.1 Å². The van der Waals surface area contributed by atoms with Crippen molar-refractivity contribution in [3.05, 3.63) is 34.9 Å². The van der Waals surface area contributed by atoms with Gasteiger partial charge in [0.25, 0.3) is 0 Å². The lowest BCUT2D eigenvalue weighted by molar-refractivity contribution is -0.128. The maximum absolute atomic E-state index is 12.3. The van der Waals surface area contributed by atoms with Crippen molar-refractivity contribution in [1.82, 2.24) is 10.2 Å². The first kappa shape index (κ1) is 13.6. The average molecular weight is 305 g/mol. The fourth-order valence-corrected chi connectivity index (χ4v) is 4.77. The van der Waals surface area contributed by atoms with E-state index in [4.69, 9.17) is 11.6 Å². The number of carbonyl (C=O) groups is 1. The molecule has 3 aliphatic rings. The lowest BCUT2D eigenvalue weighted by Crippen LogP contribution is -2.36. The summed E-state index contributed by atoms with van der Waals surface area (Å²) in [7, 11) is 0. The lowest BCUT2D eigenvalue weighted by atomic mass is 9.88. The molecule has 112 valence electrons. The number of hydrogen-bond donors (Lipinski definition) is 1. The highest BCUT2D eigenvalue weighted by Gasteiger charge is 2.42. The zero-order chi connectivity index (χ0) is 14.4. The Balaban J connectivity index is 1.53. The molecule has 1 aromatic rings. The number of nitrogens with one attached hydrogen (secondary N) is 1. The van der Waals surface area contributed by atoms with Gasteiger partial charge in [0.1, 0.15) is 6.17 Å². The number of halogens is 1. The molecule has 2 saturated carbocycles. The van der Waals surface area contributed by atoms with E-state index in [1.165, 1.54) is 25.7 Å². The number of hydrogen-bond acceptors (Lipinski definition) is 2. The molecular weight excluding hydrogens is 284 g/mol. The predicted octanol–water partition coefficient (Wildman–Crippen LogP) is 3.21. The Hall–Kier alpha value is -1.06. The van der Waals surface area contributed by atoms with Crippen molar-refractivity contribution in [2.45, 2.75) is 31.8 Å². The van der Waals surface area contributed by atoms with E-state index in [9.17, 15) is 4.79 Å². The normalized spacial score (nSPS) is 34.9. The van der Waals surface area contributed by atoms with Gasteiger partial charge in [-0.05, 0) is 54.7 Å². The van der Waals surface area contributed by atoms with Crippen LogP contribution in [0.3, 0.4) is 0 Å². The van der Waals surface area contributed by atoms with E-state index < -0.39 is 0 Å². The standard InChI is InChI=1S/C17H21ClN2O/c18-15-3-1-2-13(8-15)17-19-9-16(21)20(17)10-14-7-11-4-5-12(14)6-11/h1-3,8,11-12,14,17,19H,4-7,9-10H2. The topological polar surface area (TPSA) is 32.3 Å². The Labute approximate surface area is 130 Å². The molecule has 4 heteroatoms. The molecule has 2 aliphatic carbocycles. The van der Waals surface area contributed by atoms with Crippen LogP contribution in [-0.4, -0.2) is 23.9 Å². The monoisotopic (exact) mass is 304 g/mol. The van der Waals surface area contributed by atoms with Crippen LogP contribution >= 0.6 is 11.6 Å². The van der Waals surface area contributed by atoms with Gasteiger partial charge in [-0.3, -0.25) is 10.1 Å². The molecule has 4 rings (SSSR count). The molecule has 0 aromatic heterocycles. The molecule has 4 unspecified atom stereocenters. The molecular formula is C17H21ClN2O. The molecule has 1 amide bonds. The smallest absolute Gasteiger partial charge is 0.238 e. The van der Waals surface area contributed by atoms with E-state index in [1.54, 1.807) is 0 Å². The quantitative estimate of drug-likeness (QED) is 0.930. The maximum atomic E-state index is 12.3. The van der Waals surface area contributed by atoms with Crippen LogP contribution in [0.5, 0.6) is 0 Å². The summed E-state index contributed by atoms with van der Waals surface area (Å²) < 4.78 is 0. The van der Waals surface area contributed by atoms with Crippen molar-refractivity contribution in [2.24, 2.45) is 17.8 Å². The van der Waals surface area contributed by atoms with Crippen molar-refractivity contribution in [3.63, 3.8) is 0 Å². The molecule has 1 heterocycles. The van der Waals surface area contributed by atoms with Crippen LogP contribution in [0, 0.1) is 17.8 Å². The van der Waals surface area contributed by atoms with Gasteiger partial charge < -0.3 is 4.90 Å². The van der Waals surface area contributed by atoms with Gasteiger partial charge in [-0.15, -0.1) is 0 Å². The maximum Gasteiger partial charge on any atom is 0.238 e. The third-order valence-corrected chi connectivity index (χ3v) is 5.79. The van der Waals surface area contributed by atoms with Gasteiger partial charge in [0.15, 0.2) is 0 Å². The number of amides is 1. The summed E-state index contributed by atoms with van der Waals surface area (Å²) in [6.45, 7) is 1.35. The molecule has 1 aromatic carbocycles. The number of nitrogens with zero attached hydrogens (tertiary/aromatic N) is 1. The zero-order valence-corrected chi connectivity index (χ0v) is 12.9. The Kier molecular flexibility index (Phi) is 3.43. The van der Waals surface area contributed by atoms with Gasteiger partial charge >= 0.3 is 0 Å². The Morgan fingerprint density at radius 2 is 2.19 bits per heavy atom. The summed E-state index contributed by atoms with van der Waals surface area (Å²) in [6.07, 6.45) is 5.48. The Morgan fingerprint density at radius 1 is 1.29 bits per heavy atom. The summed E-state index contributed by atoms with van der Waals surface area (Å²) in [6, 6.07) is 7.85. The molecule has 0 spiro atoms. The van der Waals surface area contributed by atoms with Crippen molar-refractivity contribution < 1.29 is 4.79 Å². The van der Waals surface area contributed by atoms with Gasteiger partial charge in [0.05, 0.1) is 6.54 Å². The van der Waals surface area contributed by atoms with Crippen LogP contribution in [0.2, 0.25) is 5.02 Å². The van der Waals surface area contributed by atoms with E-state index >= 15 is 0 Å². The van der Waals surface area contributed by atoms with Crippen molar-refractivity contribution in [2.75, 3.05) is 13.1 Å². The van der Waals surface area contributed by atoms with E-state index in [0.29, 0.717) is 12.5 Å². The molecule has 21 heavy (non-hydrogen) atoms. The summed E-state index contributed by atoms with van der Waals surface area (Å²) in [4.78, 5) is 14.3. The molecule has 0 radical (unpaired) electrons. The predicted molar refractivity (Wildman–Crippen MR) is 82.8 cm³/mol. The van der Waals surface area contributed by atoms with Crippen molar-refractivity contribution in [3.8, 4) is 0 Å². The van der Waals surface area contributed by atoms with Crippen LogP contribution in [-0.2, 0) is 4.79 Å². The van der Waals surface area contributed by atoms with Gasteiger partial charge in [-0.25, -0.2) is 0 Å². The second-order valence-corrected chi connectivity index (χ2v) is 7.26. The minimum absolute atomic E-state index is 0.00433. The molecule has 1 N–H and O–H groups in total. The Morgan fingerprint density at radius 3 is 2.90 bits per heavy atom. The zero-order valence-electron chi connectivity index (χ0n) is 12.1. The second-order valence-electron chi connectivity index (χ2n) is 6.82. The fraction of sp³-hybridized carbons (Fsp3) is 0.588. The SMILES string of the molecule is O=C1CNC(c2cccc(Cl)c2)N1CC1CC2CCC1C2. The van der Waals surface area contributed by atoms with E-state index in [0.717, 1.165) is 29.0 Å². The summed E-state index contributed by atoms with van der Waals surface area (Å²) in [5.74, 6) is 2.70.